The number of hydrogen-bond acceptors (Lipinski definition) is 4. The molecule has 1 aliphatic heterocycles. The molecule has 0 atom stereocenters. The molecule has 1 fully saturated rings. The summed E-state index contributed by atoms with van der Waals surface area (Å²) in [4.78, 5) is 14.6. The van der Waals surface area contributed by atoms with Gasteiger partial charge in [-0.3, -0.25) is 10.2 Å². The Kier molecular flexibility index (Phi) is 5.60. The number of aryl methyl sites for hydroxylation is 2. The van der Waals surface area contributed by atoms with E-state index in [0.29, 0.717) is 5.82 Å². The Morgan fingerprint density at radius 2 is 1.88 bits per heavy atom. The van der Waals surface area contributed by atoms with Gasteiger partial charge in [0.05, 0.1) is 5.69 Å². The number of nitrogens with one attached hydrogen (secondary N) is 2. The van der Waals surface area contributed by atoms with Crippen LogP contribution in [0.15, 0.2) is 36.4 Å². The third-order valence-electron chi connectivity index (χ3n) is 4.65. The number of likely N-dealkylation sites (tertiary alicyclic amines) is 1. The number of hydrogen-bond donors (Lipinski definition) is 2. The molecule has 25 heavy (non-hydrogen) atoms. The van der Waals surface area contributed by atoms with Gasteiger partial charge in [-0.15, -0.1) is 5.10 Å². The van der Waals surface area contributed by atoms with Gasteiger partial charge in [-0.05, 0) is 43.9 Å². The first kappa shape index (κ1) is 17.4. The number of urea groups is 1. The van der Waals surface area contributed by atoms with Crippen LogP contribution in [0.1, 0.15) is 29.7 Å². The van der Waals surface area contributed by atoms with Crippen LogP contribution in [0.3, 0.4) is 0 Å². The van der Waals surface area contributed by atoms with Gasteiger partial charge < -0.3 is 5.32 Å². The van der Waals surface area contributed by atoms with Crippen LogP contribution in [0.2, 0.25) is 0 Å². The van der Waals surface area contributed by atoms with Crippen molar-refractivity contribution in [1.29, 1.82) is 0 Å². The molecular weight excluding hydrogens is 314 g/mol. The van der Waals surface area contributed by atoms with Crippen molar-refractivity contribution in [3.05, 3.63) is 53.2 Å². The number of aromatic nitrogens is 2. The molecule has 3 rings (SSSR count). The monoisotopic (exact) mass is 339 g/mol. The van der Waals surface area contributed by atoms with E-state index >= 15 is 0 Å². The Bertz CT molecular complexity index is 711. The fraction of sp³-hybridized carbons (Fsp3) is 0.421. The molecule has 2 amide bonds. The Balaban J connectivity index is 1.43. The molecule has 1 aromatic carbocycles. The number of nitrogens with zero attached hydrogens (tertiary/aromatic N) is 3. The lowest BCUT2D eigenvalue weighted by Gasteiger charge is -2.32. The maximum absolute atomic E-state index is 12.1. The standard InChI is InChI=1S/C19H25N5O/c1-14-12-18(23-22-15(14)2)21-19(25)20-17-8-10-24(11-9-17)13-16-6-4-3-5-7-16/h3-7,12,17H,8-11,13H2,1-2H3,(H2,20,21,23,25). The number of anilines is 1. The van der Waals surface area contributed by atoms with E-state index in [1.807, 2.05) is 26.0 Å². The first-order valence-corrected chi connectivity index (χ1v) is 8.75. The quantitative estimate of drug-likeness (QED) is 0.899. The average Bonchev–Trinajstić information content (AvgIpc) is 2.61. The van der Waals surface area contributed by atoms with Crippen molar-refractivity contribution >= 4 is 11.8 Å². The number of carbonyl (C=O) groups excluding carboxylic acids is 1. The predicted octanol–water partition coefficient (Wildman–Crippen LogP) is 2.88. The number of benzene rings is 1. The van der Waals surface area contributed by atoms with Crippen molar-refractivity contribution < 1.29 is 4.79 Å². The summed E-state index contributed by atoms with van der Waals surface area (Å²) in [7, 11) is 0. The summed E-state index contributed by atoms with van der Waals surface area (Å²) < 4.78 is 0. The van der Waals surface area contributed by atoms with Crippen molar-refractivity contribution in [1.82, 2.24) is 20.4 Å². The van der Waals surface area contributed by atoms with E-state index in [0.717, 1.165) is 43.7 Å². The topological polar surface area (TPSA) is 70.2 Å². The highest BCUT2D eigenvalue weighted by Gasteiger charge is 2.20. The van der Waals surface area contributed by atoms with Crippen LogP contribution < -0.4 is 10.6 Å². The third-order valence-corrected chi connectivity index (χ3v) is 4.65. The fourth-order valence-electron chi connectivity index (χ4n) is 3.02. The minimum atomic E-state index is -0.209. The Morgan fingerprint density at radius 3 is 2.56 bits per heavy atom. The van der Waals surface area contributed by atoms with Crippen molar-refractivity contribution in [3.8, 4) is 0 Å². The Labute approximate surface area is 148 Å². The summed E-state index contributed by atoms with van der Waals surface area (Å²) in [6.07, 6.45) is 1.91. The molecule has 0 bridgehead atoms. The van der Waals surface area contributed by atoms with Crippen LogP contribution in [0.4, 0.5) is 10.6 Å². The molecule has 132 valence electrons. The molecule has 0 saturated carbocycles. The van der Waals surface area contributed by atoms with Crippen LogP contribution in [0.25, 0.3) is 0 Å². The third kappa shape index (κ3) is 5.00. The summed E-state index contributed by atoms with van der Waals surface area (Å²) in [6.45, 7) is 6.80. The second-order valence-electron chi connectivity index (χ2n) is 6.63. The second-order valence-corrected chi connectivity index (χ2v) is 6.63. The van der Waals surface area contributed by atoms with E-state index in [-0.39, 0.29) is 12.1 Å². The highest BCUT2D eigenvalue weighted by molar-refractivity contribution is 5.88. The highest BCUT2D eigenvalue weighted by Crippen LogP contribution is 2.14. The molecule has 1 aromatic heterocycles. The average molecular weight is 339 g/mol. The zero-order valence-electron chi connectivity index (χ0n) is 14.8. The number of amides is 2. The number of carbonyl (C=O) groups is 1. The number of rotatable bonds is 4. The molecule has 0 spiro atoms. The summed E-state index contributed by atoms with van der Waals surface area (Å²) in [5.41, 5.74) is 3.22. The first-order valence-electron chi connectivity index (χ1n) is 8.75. The van der Waals surface area contributed by atoms with Gasteiger partial charge in [-0.25, -0.2) is 4.79 Å². The maximum Gasteiger partial charge on any atom is 0.320 e. The summed E-state index contributed by atoms with van der Waals surface area (Å²) >= 11 is 0. The van der Waals surface area contributed by atoms with Crippen LogP contribution in [-0.2, 0) is 6.54 Å². The molecule has 0 aliphatic carbocycles. The normalized spacial score (nSPS) is 15.8. The van der Waals surface area contributed by atoms with Crippen LogP contribution in [-0.4, -0.2) is 40.3 Å². The molecule has 1 saturated heterocycles. The molecule has 1 aliphatic rings. The molecule has 0 unspecified atom stereocenters. The molecular formula is C19H25N5O. The van der Waals surface area contributed by atoms with Crippen molar-refractivity contribution in [2.45, 2.75) is 39.3 Å². The molecule has 2 N–H and O–H groups in total. The van der Waals surface area contributed by atoms with E-state index in [2.05, 4.69) is 50.0 Å². The Morgan fingerprint density at radius 1 is 1.16 bits per heavy atom. The zero-order chi connectivity index (χ0) is 17.6. The van der Waals surface area contributed by atoms with Crippen LogP contribution >= 0.6 is 0 Å². The van der Waals surface area contributed by atoms with Gasteiger partial charge >= 0.3 is 6.03 Å². The van der Waals surface area contributed by atoms with Crippen molar-refractivity contribution in [3.63, 3.8) is 0 Å². The lowest BCUT2D eigenvalue weighted by Crippen LogP contribution is -2.45. The van der Waals surface area contributed by atoms with Crippen LogP contribution in [0, 0.1) is 13.8 Å². The molecule has 6 nitrogen and oxygen atoms in total. The second kappa shape index (κ2) is 8.07. The summed E-state index contributed by atoms with van der Waals surface area (Å²) in [6, 6.07) is 12.3. The zero-order valence-corrected chi connectivity index (χ0v) is 14.8. The van der Waals surface area contributed by atoms with E-state index in [4.69, 9.17) is 0 Å². The van der Waals surface area contributed by atoms with Gasteiger partial charge in [0.25, 0.3) is 0 Å². The summed E-state index contributed by atoms with van der Waals surface area (Å²) in [5, 5.41) is 13.8. The predicted molar refractivity (Wildman–Crippen MR) is 98.4 cm³/mol. The molecule has 2 heterocycles. The van der Waals surface area contributed by atoms with Gasteiger partial charge in [-0.1, -0.05) is 30.3 Å². The van der Waals surface area contributed by atoms with Gasteiger partial charge in [-0.2, -0.15) is 5.10 Å². The minimum absolute atomic E-state index is 0.200. The Hall–Kier alpha value is -2.47. The maximum atomic E-state index is 12.1. The van der Waals surface area contributed by atoms with E-state index in [1.165, 1.54) is 5.56 Å². The van der Waals surface area contributed by atoms with Gasteiger partial charge in [0.2, 0.25) is 0 Å². The molecule has 2 aromatic rings. The fourth-order valence-corrected chi connectivity index (χ4v) is 3.02. The smallest absolute Gasteiger partial charge is 0.320 e. The van der Waals surface area contributed by atoms with E-state index in [1.54, 1.807) is 0 Å². The van der Waals surface area contributed by atoms with Crippen LogP contribution in [0.5, 0.6) is 0 Å². The lowest BCUT2D eigenvalue weighted by atomic mass is 10.0. The van der Waals surface area contributed by atoms with Gasteiger partial charge in [0.15, 0.2) is 5.82 Å². The lowest BCUT2D eigenvalue weighted by molar-refractivity contribution is 0.190. The van der Waals surface area contributed by atoms with Crippen molar-refractivity contribution in [2.24, 2.45) is 0 Å². The summed E-state index contributed by atoms with van der Waals surface area (Å²) in [5.74, 6) is 0.488. The van der Waals surface area contributed by atoms with E-state index in [9.17, 15) is 4.79 Å². The van der Waals surface area contributed by atoms with Gasteiger partial charge in [0.1, 0.15) is 0 Å². The first-order chi connectivity index (χ1) is 12.1. The molecule has 6 heteroatoms. The largest absolute Gasteiger partial charge is 0.335 e. The highest BCUT2D eigenvalue weighted by atomic mass is 16.2. The molecule has 0 radical (unpaired) electrons. The van der Waals surface area contributed by atoms with E-state index < -0.39 is 0 Å². The van der Waals surface area contributed by atoms with Crippen molar-refractivity contribution in [2.75, 3.05) is 18.4 Å². The SMILES string of the molecule is Cc1cc(NC(=O)NC2CCN(Cc3ccccc3)CC2)nnc1C. The van der Waals surface area contributed by atoms with Gasteiger partial charge in [0, 0.05) is 25.7 Å². The minimum Gasteiger partial charge on any atom is -0.335 e. The number of piperidine rings is 1.